The van der Waals surface area contributed by atoms with Gasteiger partial charge in [0.25, 0.3) is 0 Å². The summed E-state index contributed by atoms with van der Waals surface area (Å²) in [5, 5.41) is 27.7. The number of benzene rings is 3. The summed E-state index contributed by atoms with van der Waals surface area (Å²) in [7, 11) is 0. The second-order valence-corrected chi connectivity index (χ2v) is 42.7. The highest BCUT2D eigenvalue weighted by Crippen LogP contribution is 2.32. The third-order valence-corrected chi connectivity index (χ3v) is 22.0. The maximum Gasteiger partial charge on any atom is 0.0994 e. The Morgan fingerprint density at radius 3 is 0.669 bits per heavy atom. The molecule has 0 amide bonds. The van der Waals surface area contributed by atoms with E-state index in [1.165, 1.54) is 118 Å². The molecule has 0 aromatic heterocycles. The quantitative estimate of drug-likeness (QED) is 0.0267. The van der Waals surface area contributed by atoms with Crippen LogP contribution in [0.4, 0.5) is 0 Å². The van der Waals surface area contributed by atoms with Crippen LogP contribution in [0.1, 0.15) is 289 Å². The maximum atomic E-state index is 5.68. The molecule has 6 saturated heterocycles. The summed E-state index contributed by atoms with van der Waals surface area (Å²) in [5.74, 6) is 5.17. The van der Waals surface area contributed by atoms with Crippen molar-refractivity contribution in [1.82, 2.24) is 81.7 Å². The van der Waals surface area contributed by atoms with Crippen LogP contribution >= 0.6 is 0 Å². The van der Waals surface area contributed by atoms with Crippen LogP contribution in [0.15, 0.2) is 72.8 Å². The van der Waals surface area contributed by atoms with Crippen molar-refractivity contribution in [3.05, 3.63) is 106 Å². The van der Waals surface area contributed by atoms with Crippen molar-refractivity contribution in [3.8, 4) is 0 Å². The first-order valence-electron chi connectivity index (χ1n) is 51.5. The number of nitrogens with one attached hydrogen (secondary N) is 8. The summed E-state index contributed by atoms with van der Waals surface area (Å²) in [4.78, 5) is 19.8. The van der Waals surface area contributed by atoms with Crippen LogP contribution in [0.2, 0.25) is 0 Å². The minimum Gasteiger partial charge on any atom is -0.376 e. The van der Waals surface area contributed by atoms with Crippen LogP contribution in [-0.2, 0) is 72.6 Å². The molecular weight excluding hydrogens is 1620 g/mol. The smallest absolute Gasteiger partial charge is 0.0994 e. The molecule has 0 bridgehead atoms. The Hall–Kier alpha value is -3.26. The van der Waals surface area contributed by atoms with Crippen molar-refractivity contribution in [2.75, 3.05) is 158 Å². The molecule has 6 aliphatic rings. The van der Waals surface area contributed by atoms with Crippen molar-refractivity contribution in [2.24, 2.45) is 35.5 Å². The lowest BCUT2D eigenvalue weighted by atomic mass is 10.0. The van der Waals surface area contributed by atoms with Crippen molar-refractivity contribution < 1.29 is 33.2 Å². The Morgan fingerprint density at radius 2 is 0.446 bits per heavy atom. The number of piperazine rings is 2. The van der Waals surface area contributed by atoms with Crippen molar-refractivity contribution in [1.29, 1.82) is 0 Å². The van der Waals surface area contributed by atoms with E-state index in [0.29, 0.717) is 98.2 Å². The molecule has 6 fully saturated rings. The first kappa shape index (κ1) is 125. The number of hydrogen-bond donors (Lipinski definition) is 8. The molecule has 6 heterocycles. The van der Waals surface area contributed by atoms with Crippen LogP contribution in [0.25, 0.3) is 0 Å². The molecular formula is C107H212N16O7. The zero-order valence-corrected chi connectivity index (χ0v) is 91.0. The Labute approximate surface area is 802 Å². The predicted molar refractivity (Wildman–Crippen MR) is 556 cm³/mol. The number of rotatable bonds is 46. The second-order valence-electron chi connectivity index (χ2n) is 42.7. The monoisotopic (exact) mass is 1830 g/mol. The molecule has 6 aliphatic heterocycles. The molecule has 0 aliphatic carbocycles. The standard InChI is InChI=1S/C14H30N4.C14H28N2O2.2C14H24N2.C14H22O2.C12H28N4.C12H26N2O2.C7H16.C6H14O/c1-11(2)15-9-17-5-13-7-18(8-14(13)6-17)10-16-12(3)4;1-11(2)17-9-15-5-13-7-16(8-14(13)6-15)10-18-12(3)4;1-11(2)15-9-13-5-7-14(8-6-13)10-16-12(3)4;2*1-11(2)15-9-13-6-5-7-14(8-13)10-16-12(3)4;1-11(2)13-9-15-5-7-16(8-6-15)10-14-12(3)4;1-11(2)15-9-13-5-7-14(8-6-13)10-16-12(3)4;1-6(2)5-7(3)4;1-5(2)7-6(3)4/h11-16H,5-10H2,1-4H3;11-14H,5-10H2,1-4H3;2*5-8,11-12,15-16H,9-10H2,1-4H3;5-8,11-12H,9-10H2,1-4H3;11-14H,5-10H2,1-4H3;11-12H,5-10H2,1-4H3;6-7H,5H2,1-4H3;5-6H,1-4H3. The number of nitrogens with zero attached hydrogens (tertiary/aromatic N) is 8. The van der Waals surface area contributed by atoms with Gasteiger partial charge in [0, 0.05) is 206 Å². The summed E-state index contributed by atoms with van der Waals surface area (Å²) < 4.78 is 38.9. The van der Waals surface area contributed by atoms with Crippen molar-refractivity contribution >= 4 is 0 Å². The SMILES string of the molecule is CC(C)CC(C)C.CC(C)NCN1CC2CN(CNC(C)C)CC2C1.CC(C)NCN1CCN(CNC(C)C)CC1.CC(C)NCc1ccc(CNC(C)C)cc1.CC(C)NCc1cccc(CNC(C)C)c1.CC(C)OC(C)C.CC(C)OCN1CC2CN(COC(C)C)CC2C1.CC(C)OCN1CCN(COC(C)C)CC1.CC(C)OCc1cccc(COC(C)C)c1. The summed E-state index contributed by atoms with van der Waals surface area (Å²) in [6, 6.07) is 30.4. The molecule has 0 atom stereocenters. The van der Waals surface area contributed by atoms with Crippen LogP contribution < -0.4 is 42.5 Å². The van der Waals surface area contributed by atoms with E-state index in [9.17, 15) is 0 Å². The van der Waals surface area contributed by atoms with E-state index in [-0.39, 0.29) is 12.2 Å². The molecule has 3 aromatic carbocycles. The van der Waals surface area contributed by atoms with Gasteiger partial charge in [0.2, 0.25) is 0 Å². The highest BCUT2D eigenvalue weighted by Gasteiger charge is 2.41. The fourth-order valence-electron chi connectivity index (χ4n) is 15.0. The lowest BCUT2D eigenvalue weighted by molar-refractivity contribution is -0.0572. The van der Waals surface area contributed by atoms with Gasteiger partial charge >= 0.3 is 0 Å². The van der Waals surface area contributed by atoms with E-state index in [2.05, 4.69) is 348 Å². The Morgan fingerprint density at radius 1 is 0.231 bits per heavy atom. The minimum atomic E-state index is 0.274. The average Bonchev–Trinajstić information content (AvgIpc) is 1.67. The molecule has 0 radical (unpaired) electrons. The Bertz CT molecular complexity index is 2690. The van der Waals surface area contributed by atoms with E-state index in [1.54, 1.807) is 0 Å². The number of fused-ring (bicyclic) bond motifs is 2. The summed E-state index contributed by atoms with van der Waals surface area (Å²) >= 11 is 0. The van der Waals surface area contributed by atoms with Gasteiger partial charge in [-0.1, -0.05) is 156 Å². The summed E-state index contributed by atoms with van der Waals surface area (Å²) in [6.07, 6.45) is 3.97. The van der Waals surface area contributed by atoms with Gasteiger partial charge in [-0.15, -0.1) is 0 Å². The minimum absolute atomic E-state index is 0.274. The zero-order chi connectivity index (χ0) is 97.8. The number of likely N-dealkylation sites (tertiary alicyclic amines) is 4. The van der Waals surface area contributed by atoms with Crippen LogP contribution in [0.3, 0.4) is 0 Å². The normalized spacial score (nSPS) is 18.5. The molecule has 8 N–H and O–H groups in total. The van der Waals surface area contributed by atoms with Gasteiger partial charge in [-0.05, 0) is 241 Å². The van der Waals surface area contributed by atoms with Gasteiger partial charge in [-0.25, -0.2) is 0 Å². The lowest BCUT2D eigenvalue weighted by Gasteiger charge is -2.35. The molecule has 23 heteroatoms. The zero-order valence-electron chi connectivity index (χ0n) is 91.0. The number of hydrogen-bond acceptors (Lipinski definition) is 23. The summed E-state index contributed by atoms with van der Waals surface area (Å²) in [6.45, 7) is 109. The molecule has 130 heavy (non-hydrogen) atoms. The van der Waals surface area contributed by atoms with Gasteiger partial charge in [0.15, 0.2) is 0 Å². The van der Waals surface area contributed by atoms with Crippen LogP contribution in [-0.4, -0.2) is 295 Å². The molecule has 23 nitrogen and oxygen atoms in total. The van der Waals surface area contributed by atoms with Crippen molar-refractivity contribution in [3.63, 3.8) is 0 Å². The molecule has 9 rings (SSSR count). The Balaban J connectivity index is 0.000000740. The van der Waals surface area contributed by atoms with Crippen molar-refractivity contribution in [2.45, 2.75) is 392 Å². The highest BCUT2D eigenvalue weighted by atomic mass is 16.5. The van der Waals surface area contributed by atoms with Crippen LogP contribution in [0.5, 0.6) is 0 Å². The van der Waals surface area contributed by atoms with Gasteiger partial charge in [-0.2, -0.15) is 0 Å². The average molecular weight is 1830 g/mol. The molecule has 3 aromatic rings. The fraction of sp³-hybridized carbons (Fsp3) is 0.832. The van der Waals surface area contributed by atoms with Crippen LogP contribution in [0, 0.1) is 35.5 Å². The van der Waals surface area contributed by atoms with E-state index in [0.717, 1.165) is 141 Å². The van der Waals surface area contributed by atoms with Gasteiger partial charge in [-0.3, -0.25) is 39.2 Å². The fourth-order valence-corrected chi connectivity index (χ4v) is 15.0. The first-order chi connectivity index (χ1) is 61.2. The molecule has 0 saturated carbocycles. The second kappa shape index (κ2) is 73.9. The third-order valence-electron chi connectivity index (χ3n) is 22.0. The molecule has 0 unspecified atom stereocenters. The van der Waals surface area contributed by atoms with Gasteiger partial charge < -0.3 is 75.7 Å². The van der Waals surface area contributed by atoms with Gasteiger partial charge in [0.05, 0.1) is 89.0 Å². The molecule has 762 valence electrons. The summed E-state index contributed by atoms with van der Waals surface area (Å²) in [5.41, 5.74) is 7.83. The Kier molecular flexibility index (Phi) is 70.9. The highest BCUT2D eigenvalue weighted by molar-refractivity contribution is 5.25. The molecule has 0 spiro atoms. The van der Waals surface area contributed by atoms with E-state index >= 15 is 0 Å². The third kappa shape index (κ3) is 70.4. The van der Waals surface area contributed by atoms with Gasteiger partial charge in [0.1, 0.15) is 0 Å². The van der Waals surface area contributed by atoms with E-state index in [4.69, 9.17) is 33.2 Å². The van der Waals surface area contributed by atoms with E-state index < -0.39 is 0 Å². The van der Waals surface area contributed by atoms with E-state index in [1.807, 2.05) is 55.4 Å². The maximum absolute atomic E-state index is 5.68. The predicted octanol–water partition coefficient (Wildman–Crippen LogP) is 17.7. The lowest BCUT2D eigenvalue weighted by Crippen LogP contribution is -2.52. The number of ether oxygens (including phenoxy) is 7. The largest absolute Gasteiger partial charge is 0.376 e. The first-order valence-corrected chi connectivity index (χ1v) is 51.5. The topological polar surface area (TPSA) is 187 Å².